The van der Waals surface area contributed by atoms with Gasteiger partial charge in [0, 0.05) is 10.8 Å². The van der Waals surface area contributed by atoms with E-state index in [1.54, 1.807) is 48.1 Å². The van der Waals surface area contributed by atoms with Crippen LogP contribution in [0.15, 0.2) is 46.7 Å². The molecule has 3 aromatic rings. The summed E-state index contributed by atoms with van der Waals surface area (Å²) in [5, 5.41) is 0.479. The summed E-state index contributed by atoms with van der Waals surface area (Å²) in [5.74, 6) is -2.34. The van der Waals surface area contributed by atoms with E-state index < -0.39 is 89.1 Å². The standard InChI is InChI=1S/C28H35N5O12P2S.C6H15N/c1-27(2)41-19-14-10-16(20(19)42-27)32-13-30-24-18(23(32)29)31-26(48-15-8-6-5-7-9-15)33(24)25-22-21(43-28(3,4)44-22)17(40-25)12-39-47(36,37)45-46(34,35)38-11-14;1-4-7(5-2)6-3/h5-9,13-14,16-17,19-22,25,29H,10-12H2,1-4H3,(H2,34,35,36,37);4-6H2,1-3H3/t14-,16-,17-,19-,20+,21-,22-,25-;/m1./s1. The highest BCUT2D eigenvalue weighted by molar-refractivity contribution is 7.99. The molecule has 6 aliphatic rings. The van der Waals surface area contributed by atoms with Gasteiger partial charge in [-0.3, -0.25) is 13.7 Å². The summed E-state index contributed by atoms with van der Waals surface area (Å²) in [7, 11) is -10.9. The molecule has 304 valence electrons. The Bertz CT molecular complexity index is 1950. The second-order valence-corrected chi connectivity index (χ2v) is 19.0. The number of anilines is 1. The molecular weight excluding hydrogens is 778 g/mol. The fourth-order valence-electron chi connectivity index (χ4n) is 7.93. The van der Waals surface area contributed by atoms with E-state index in [0.717, 1.165) is 4.90 Å². The molecule has 1 aromatic carbocycles. The van der Waals surface area contributed by atoms with E-state index in [9.17, 15) is 18.9 Å². The SMILES string of the molecule is CC1(C)O[C@@H]2[C@H]3COP(=O)([O-])OP(=O)([O-])OC[C@H]4O[C@H]([C@@H]5OC(C)(C)O[C@@H]54)n4c(Sc5ccccc5)nc5c(N)[n+](cnc54)[C@H](C3)[C@@H]2O1.CC[NH+](CC)CC. The summed E-state index contributed by atoms with van der Waals surface area (Å²) in [6, 6.07) is 9.10. The van der Waals surface area contributed by atoms with Gasteiger partial charge in [-0.2, -0.15) is 0 Å². The van der Waals surface area contributed by atoms with Crippen molar-refractivity contribution >= 4 is 44.4 Å². The molecule has 2 unspecified atom stereocenters. The lowest BCUT2D eigenvalue weighted by Gasteiger charge is -2.32. The van der Waals surface area contributed by atoms with Crippen molar-refractivity contribution in [3.63, 3.8) is 0 Å². The van der Waals surface area contributed by atoms with Crippen molar-refractivity contribution in [2.45, 2.75) is 119 Å². The molecule has 3 N–H and O–H groups in total. The van der Waals surface area contributed by atoms with Crippen LogP contribution in [0.25, 0.3) is 11.2 Å². The highest BCUT2D eigenvalue weighted by Crippen LogP contribution is 2.57. The molecule has 21 heteroatoms. The Balaban J connectivity index is 0.000000609. The fraction of sp³-hybridized carbons (Fsp3) is 0.676. The number of phosphoric ester groups is 2. The van der Waals surface area contributed by atoms with E-state index in [4.69, 9.17) is 48.4 Å². The van der Waals surface area contributed by atoms with E-state index >= 15 is 0 Å². The molecule has 8 bridgehead atoms. The van der Waals surface area contributed by atoms with E-state index in [2.05, 4.69) is 25.1 Å². The molecule has 5 aliphatic heterocycles. The maximum absolute atomic E-state index is 12.8. The number of nitrogens with one attached hydrogen (secondary N) is 1. The topological polar surface area (TPSA) is 219 Å². The van der Waals surface area contributed by atoms with E-state index in [1.807, 2.05) is 30.3 Å². The molecule has 55 heavy (non-hydrogen) atoms. The Morgan fingerprint density at radius 2 is 1.51 bits per heavy atom. The van der Waals surface area contributed by atoms with Crippen LogP contribution in [-0.4, -0.2) is 89.5 Å². The van der Waals surface area contributed by atoms with Gasteiger partial charge in [-0.05, 0) is 67.0 Å². The summed E-state index contributed by atoms with van der Waals surface area (Å²) in [6.45, 7) is 16.3. The van der Waals surface area contributed by atoms with E-state index in [-0.39, 0.29) is 5.82 Å². The zero-order valence-corrected chi connectivity index (χ0v) is 34.5. The van der Waals surface area contributed by atoms with Crippen LogP contribution < -0.4 is 25.0 Å². The average molecular weight is 829 g/mol. The number of hydrogen-bond donors (Lipinski definition) is 2. The zero-order chi connectivity index (χ0) is 39.5. The third kappa shape index (κ3) is 8.57. The minimum Gasteiger partial charge on any atom is -0.756 e. The maximum atomic E-state index is 12.8. The Morgan fingerprint density at radius 1 is 0.909 bits per heavy atom. The van der Waals surface area contributed by atoms with Gasteiger partial charge < -0.3 is 53.2 Å². The van der Waals surface area contributed by atoms with Gasteiger partial charge in [0.25, 0.3) is 21.5 Å². The Kier molecular flexibility index (Phi) is 11.7. The molecule has 2 aromatic heterocycles. The number of fused-ring (bicyclic) bond motifs is 9. The fourth-order valence-corrected chi connectivity index (χ4v) is 10.9. The van der Waals surface area contributed by atoms with Gasteiger partial charge in [-0.1, -0.05) is 34.9 Å². The van der Waals surface area contributed by atoms with Crippen LogP contribution in [-0.2, 0) is 46.2 Å². The number of benzene rings is 1. The maximum Gasteiger partial charge on any atom is 0.274 e. The van der Waals surface area contributed by atoms with Crippen LogP contribution in [0.3, 0.4) is 0 Å². The molecule has 1 saturated carbocycles. The number of nitrogens with zero attached hydrogens (tertiary/aromatic N) is 4. The Labute approximate surface area is 324 Å². The van der Waals surface area contributed by atoms with E-state index in [0.29, 0.717) is 22.7 Å². The van der Waals surface area contributed by atoms with Gasteiger partial charge in [-0.25, -0.2) is 13.9 Å². The van der Waals surface area contributed by atoms with Gasteiger partial charge in [0.1, 0.15) is 30.5 Å². The summed E-state index contributed by atoms with van der Waals surface area (Å²) in [4.78, 5) is 37.9. The van der Waals surface area contributed by atoms with Gasteiger partial charge in [0.05, 0.1) is 39.0 Å². The minimum atomic E-state index is -5.46. The van der Waals surface area contributed by atoms with Crippen molar-refractivity contribution in [2.75, 3.05) is 38.6 Å². The van der Waals surface area contributed by atoms with Crippen molar-refractivity contribution < 1.29 is 65.4 Å². The largest absolute Gasteiger partial charge is 0.756 e. The highest BCUT2D eigenvalue weighted by atomic mass is 32.2. The summed E-state index contributed by atoms with van der Waals surface area (Å²) >= 11 is 1.36. The van der Waals surface area contributed by atoms with Crippen molar-refractivity contribution in [1.29, 1.82) is 0 Å². The first-order valence-corrected chi connectivity index (χ1v) is 22.3. The number of aromatic nitrogens is 4. The van der Waals surface area contributed by atoms with Crippen molar-refractivity contribution in [1.82, 2.24) is 14.5 Å². The summed E-state index contributed by atoms with van der Waals surface area (Å²) in [6.07, 6.45) is -2.87. The zero-order valence-electron chi connectivity index (χ0n) is 31.9. The third-order valence-electron chi connectivity index (χ3n) is 10.5. The summed E-state index contributed by atoms with van der Waals surface area (Å²) < 4.78 is 74.9. The molecule has 10 atom stereocenters. The van der Waals surface area contributed by atoms with Crippen LogP contribution in [0.4, 0.5) is 5.82 Å². The number of phosphoric acid groups is 2. The molecule has 0 amide bonds. The highest BCUT2D eigenvalue weighted by Gasteiger charge is 2.59. The second-order valence-electron chi connectivity index (χ2n) is 15.0. The molecule has 9 rings (SSSR count). The molecule has 3 saturated heterocycles. The van der Waals surface area contributed by atoms with Crippen LogP contribution in [0, 0.1) is 5.92 Å². The van der Waals surface area contributed by atoms with Crippen LogP contribution in [0.2, 0.25) is 0 Å². The third-order valence-corrected chi connectivity index (χ3v) is 14.0. The normalized spacial score (nSPS) is 36.4. The molecule has 0 radical (unpaired) electrons. The molecule has 4 fully saturated rings. The van der Waals surface area contributed by atoms with Gasteiger partial charge in [-0.15, -0.1) is 0 Å². The predicted octanol–water partition coefficient (Wildman–Crippen LogP) is 1.88. The van der Waals surface area contributed by atoms with Crippen molar-refractivity contribution in [3.8, 4) is 0 Å². The number of nitrogen functional groups attached to an aromatic ring is 1. The molecule has 18 nitrogen and oxygen atoms in total. The first-order valence-electron chi connectivity index (χ1n) is 18.6. The summed E-state index contributed by atoms with van der Waals surface area (Å²) in [5.41, 5.74) is 7.66. The predicted molar refractivity (Wildman–Crippen MR) is 192 cm³/mol. The number of hydrogen-bond acceptors (Lipinski definition) is 16. The number of rotatable bonds is 5. The Morgan fingerprint density at radius 3 is 2.15 bits per heavy atom. The molecule has 7 heterocycles. The van der Waals surface area contributed by atoms with E-state index in [1.165, 1.54) is 31.4 Å². The number of ether oxygens (including phenoxy) is 5. The average Bonchev–Trinajstić information content (AvgIpc) is 3.88. The smallest absolute Gasteiger partial charge is 0.274 e. The minimum absolute atomic E-state index is 0.289. The van der Waals surface area contributed by atoms with Crippen LogP contribution >= 0.6 is 27.4 Å². The first kappa shape index (κ1) is 41.1. The monoisotopic (exact) mass is 828 g/mol. The van der Waals surface area contributed by atoms with Crippen LogP contribution in [0.1, 0.15) is 67.2 Å². The quantitative estimate of drug-likeness (QED) is 0.277. The van der Waals surface area contributed by atoms with Gasteiger partial charge in [0.15, 0.2) is 28.5 Å². The van der Waals surface area contributed by atoms with Crippen molar-refractivity contribution in [3.05, 3.63) is 36.7 Å². The lowest BCUT2D eigenvalue weighted by molar-refractivity contribution is -0.894. The first-order chi connectivity index (χ1) is 25.9. The lowest BCUT2D eigenvalue weighted by Crippen LogP contribution is -3.11. The molecule has 0 spiro atoms. The van der Waals surface area contributed by atoms with Crippen LogP contribution in [0.5, 0.6) is 0 Å². The van der Waals surface area contributed by atoms with Crippen molar-refractivity contribution in [2.24, 2.45) is 5.92 Å². The Hall–Kier alpha value is -2.06. The number of imidazole rings is 1. The molecule has 1 aliphatic carbocycles. The number of nitrogens with two attached hydrogens (primary N) is 1. The van der Waals surface area contributed by atoms with Gasteiger partial charge >= 0.3 is 0 Å². The lowest BCUT2D eigenvalue weighted by atomic mass is 10.1. The second kappa shape index (κ2) is 15.6. The van der Waals surface area contributed by atoms with Gasteiger partial charge in [0.2, 0.25) is 12.0 Å². The molecular formula is C34H50N6O12P2S. The number of quaternary nitrogens is 1.